The zero-order chi connectivity index (χ0) is 21.0. The summed E-state index contributed by atoms with van der Waals surface area (Å²) in [7, 11) is 0. The highest BCUT2D eigenvalue weighted by molar-refractivity contribution is 8.00. The van der Waals surface area contributed by atoms with E-state index in [4.69, 9.17) is 5.84 Å². The summed E-state index contributed by atoms with van der Waals surface area (Å²) in [5.74, 6) is 6.31. The van der Waals surface area contributed by atoms with Crippen molar-refractivity contribution >= 4 is 23.4 Å². The molecule has 1 atom stereocenters. The fraction of sp³-hybridized carbons (Fsp3) is 0.211. The van der Waals surface area contributed by atoms with Gasteiger partial charge in [-0.2, -0.15) is 8.78 Å². The molecule has 3 N–H and O–H groups in total. The number of nitrogens with zero attached hydrogens (tertiary/aromatic N) is 3. The standard InChI is InChI=1S/C19H19F2N5O2S/c1-11-3-5-13(6-4-11)16-24-25-19(26(16)22)29-12(2)17(27)23-14-7-9-15(10-8-14)28-18(20)21/h3-10,12,18H,22H2,1-2H3,(H,23,27). The third-order valence-electron chi connectivity index (χ3n) is 3.97. The van der Waals surface area contributed by atoms with Gasteiger partial charge in [0.2, 0.25) is 11.1 Å². The molecule has 3 rings (SSSR count). The Morgan fingerprint density at radius 2 is 1.79 bits per heavy atom. The lowest BCUT2D eigenvalue weighted by Gasteiger charge is -2.12. The molecule has 29 heavy (non-hydrogen) atoms. The van der Waals surface area contributed by atoms with Crippen molar-refractivity contribution in [2.24, 2.45) is 0 Å². The van der Waals surface area contributed by atoms with Crippen molar-refractivity contribution in [2.45, 2.75) is 30.9 Å². The molecule has 152 valence electrons. The molecular formula is C19H19F2N5O2S. The number of carbonyl (C=O) groups excluding carboxylic acids is 1. The van der Waals surface area contributed by atoms with Gasteiger partial charge < -0.3 is 15.9 Å². The summed E-state index contributed by atoms with van der Waals surface area (Å²) in [6.45, 7) is 0.789. The van der Waals surface area contributed by atoms with E-state index in [1.54, 1.807) is 6.92 Å². The average molecular weight is 419 g/mol. The molecule has 3 aromatic rings. The Bertz CT molecular complexity index is 977. The minimum atomic E-state index is -2.90. The number of nitrogens with one attached hydrogen (secondary N) is 1. The summed E-state index contributed by atoms with van der Waals surface area (Å²) in [5.41, 5.74) is 2.39. The molecule has 2 aromatic carbocycles. The highest BCUT2D eigenvalue weighted by Gasteiger charge is 2.20. The molecule has 10 heteroatoms. The largest absolute Gasteiger partial charge is 0.435 e. The Balaban J connectivity index is 1.63. The van der Waals surface area contributed by atoms with Gasteiger partial charge in [-0.05, 0) is 38.1 Å². The lowest BCUT2D eigenvalue weighted by atomic mass is 10.1. The van der Waals surface area contributed by atoms with E-state index in [9.17, 15) is 13.6 Å². The number of aromatic nitrogens is 3. The average Bonchev–Trinajstić information content (AvgIpc) is 3.04. The van der Waals surface area contributed by atoms with Gasteiger partial charge in [0.15, 0.2) is 5.82 Å². The summed E-state index contributed by atoms with van der Waals surface area (Å²) in [4.78, 5) is 12.4. The Hall–Kier alpha value is -3.14. The number of carbonyl (C=O) groups is 1. The van der Waals surface area contributed by atoms with Crippen LogP contribution in [0.2, 0.25) is 0 Å². The van der Waals surface area contributed by atoms with E-state index in [0.717, 1.165) is 22.9 Å². The normalized spacial score (nSPS) is 12.0. The first-order chi connectivity index (χ1) is 13.8. The summed E-state index contributed by atoms with van der Waals surface area (Å²) in [6, 6.07) is 13.4. The smallest absolute Gasteiger partial charge is 0.387 e. The Morgan fingerprint density at radius 3 is 2.41 bits per heavy atom. The SMILES string of the molecule is Cc1ccc(-c2nnc(SC(C)C(=O)Nc3ccc(OC(F)F)cc3)n2N)cc1. The van der Waals surface area contributed by atoms with Crippen LogP contribution in [-0.2, 0) is 4.79 Å². The predicted octanol–water partition coefficient (Wildman–Crippen LogP) is 3.69. The second-order valence-electron chi connectivity index (χ2n) is 6.19. The number of benzene rings is 2. The number of anilines is 1. The molecule has 0 fully saturated rings. The molecule has 1 heterocycles. The number of nitrogens with two attached hydrogens (primary N) is 1. The minimum Gasteiger partial charge on any atom is -0.435 e. The van der Waals surface area contributed by atoms with E-state index in [2.05, 4.69) is 20.3 Å². The number of aryl methyl sites for hydroxylation is 1. The molecule has 0 aliphatic carbocycles. The topological polar surface area (TPSA) is 95.1 Å². The van der Waals surface area contributed by atoms with E-state index in [1.807, 2.05) is 31.2 Å². The predicted molar refractivity (Wildman–Crippen MR) is 107 cm³/mol. The summed E-state index contributed by atoms with van der Waals surface area (Å²) in [6.07, 6.45) is 0. The monoisotopic (exact) mass is 419 g/mol. The van der Waals surface area contributed by atoms with Gasteiger partial charge in [-0.1, -0.05) is 41.6 Å². The maximum absolute atomic E-state index is 12.4. The van der Waals surface area contributed by atoms with Crippen molar-refractivity contribution in [3.63, 3.8) is 0 Å². The number of rotatable bonds is 7. The number of ether oxygens (including phenoxy) is 1. The number of alkyl halides is 2. The van der Waals surface area contributed by atoms with Gasteiger partial charge in [-0.15, -0.1) is 10.2 Å². The molecule has 1 amide bonds. The van der Waals surface area contributed by atoms with E-state index < -0.39 is 11.9 Å². The summed E-state index contributed by atoms with van der Waals surface area (Å²) < 4.78 is 30.0. The second-order valence-corrected chi connectivity index (χ2v) is 7.50. The van der Waals surface area contributed by atoms with Gasteiger partial charge in [0.1, 0.15) is 5.75 Å². The van der Waals surface area contributed by atoms with Crippen LogP contribution in [0.1, 0.15) is 12.5 Å². The molecular weight excluding hydrogens is 400 g/mol. The van der Waals surface area contributed by atoms with Crippen molar-refractivity contribution in [1.29, 1.82) is 0 Å². The fourth-order valence-electron chi connectivity index (χ4n) is 2.43. The van der Waals surface area contributed by atoms with Crippen LogP contribution in [-0.4, -0.2) is 32.6 Å². The first-order valence-corrected chi connectivity index (χ1v) is 9.51. The first-order valence-electron chi connectivity index (χ1n) is 8.63. The summed E-state index contributed by atoms with van der Waals surface area (Å²) >= 11 is 1.16. The van der Waals surface area contributed by atoms with Crippen molar-refractivity contribution < 1.29 is 18.3 Å². The van der Waals surface area contributed by atoms with Crippen LogP contribution in [0.15, 0.2) is 53.7 Å². The minimum absolute atomic E-state index is 0.0142. The van der Waals surface area contributed by atoms with Gasteiger partial charge in [0, 0.05) is 11.3 Å². The molecule has 0 saturated heterocycles. The molecule has 1 aromatic heterocycles. The van der Waals surface area contributed by atoms with Crippen LogP contribution >= 0.6 is 11.8 Å². The quantitative estimate of drug-likeness (QED) is 0.448. The van der Waals surface area contributed by atoms with Crippen molar-refractivity contribution in [1.82, 2.24) is 14.9 Å². The van der Waals surface area contributed by atoms with E-state index in [1.165, 1.54) is 28.9 Å². The van der Waals surface area contributed by atoms with Gasteiger partial charge in [0.05, 0.1) is 5.25 Å². The number of halogens is 2. The molecule has 7 nitrogen and oxygen atoms in total. The third-order valence-corrected chi connectivity index (χ3v) is 5.03. The number of nitrogen functional groups attached to an aromatic ring is 1. The van der Waals surface area contributed by atoms with Gasteiger partial charge in [-0.25, -0.2) is 4.68 Å². The van der Waals surface area contributed by atoms with Gasteiger partial charge in [-0.3, -0.25) is 4.79 Å². The zero-order valence-corrected chi connectivity index (χ0v) is 16.5. The van der Waals surface area contributed by atoms with Gasteiger partial charge >= 0.3 is 6.61 Å². The lowest BCUT2D eigenvalue weighted by molar-refractivity contribution is -0.115. The lowest BCUT2D eigenvalue weighted by Crippen LogP contribution is -2.23. The fourth-order valence-corrected chi connectivity index (χ4v) is 3.20. The molecule has 0 aliphatic heterocycles. The van der Waals surface area contributed by atoms with E-state index in [0.29, 0.717) is 16.7 Å². The number of hydrogen-bond donors (Lipinski definition) is 2. The Morgan fingerprint density at radius 1 is 1.14 bits per heavy atom. The second kappa shape index (κ2) is 8.91. The van der Waals surface area contributed by atoms with E-state index >= 15 is 0 Å². The third kappa shape index (κ3) is 5.23. The highest BCUT2D eigenvalue weighted by Crippen LogP contribution is 2.26. The molecule has 0 radical (unpaired) electrons. The van der Waals surface area contributed by atoms with Crippen LogP contribution in [0.3, 0.4) is 0 Å². The van der Waals surface area contributed by atoms with Crippen LogP contribution in [0.4, 0.5) is 14.5 Å². The highest BCUT2D eigenvalue weighted by atomic mass is 32.2. The molecule has 0 aliphatic rings. The van der Waals surface area contributed by atoms with Gasteiger partial charge in [0.25, 0.3) is 0 Å². The number of amides is 1. The van der Waals surface area contributed by atoms with Crippen LogP contribution in [0.25, 0.3) is 11.4 Å². The first kappa shape index (κ1) is 20.6. The summed E-state index contributed by atoms with van der Waals surface area (Å²) in [5, 5.41) is 10.7. The maximum atomic E-state index is 12.4. The molecule has 0 bridgehead atoms. The zero-order valence-electron chi connectivity index (χ0n) is 15.7. The number of thioether (sulfide) groups is 1. The van der Waals surface area contributed by atoms with Crippen LogP contribution < -0.4 is 15.9 Å². The molecule has 1 unspecified atom stereocenters. The Kier molecular flexibility index (Phi) is 6.32. The maximum Gasteiger partial charge on any atom is 0.387 e. The van der Waals surface area contributed by atoms with Crippen LogP contribution in [0.5, 0.6) is 5.75 Å². The van der Waals surface area contributed by atoms with Crippen LogP contribution in [0, 0.1) is 6.92 Å². The molecule has 0 spiro atoms. The van der Waals surface area contributed by atoms with Crippen molar-refractivity contribution in [3.8, 4) is 17.1 Å². The number of hydrogen-bond acceptors (Lipinski definition) is 6. The molecule has 0 saturated carbocycles. The van der Waals surface area contributed by atoms with Crippen molar-refractivity contribution in [2.75, 3.05) is 11.2 Å². The Labute approximate surface area is 170 Å². The van der Waals surface area contributed by atoms with Crippen molar-refractivity contribution in [3.05, 3.63) is 54.1 Å². The van der Waals surface area contributed by atoms with E-state index in [-0.39, 0.29) is 11.7 Å².